The minimum atomic E-state index is -0.155. The summed E-state index contributed by atoms with van der Waals surface area (Å²) in [5, 5.41) is 4.32. The highest BCUT2D eigenvalue weighted by Gasteiger charge is 2.06. The Kier molecular flexibility index (Phi) is 4.52. The van der Waals surface area contributed by atoms with Gasteiger partial charge in [-0.2, -0.15) is 0 Å². The summed E-state index contributed by atoms with van der Waals surface area (Å²) in [7, 11) is 1.65. The zero-order chi connectivity index (χ0) is 13.8. The van der Waals surface area contributed by atoms with Crippen LogP contribution in [0.25, 0.3) is 10.9 Å². The summed E-state index contributed by atoms with van der Waals surface area (Å²) in [4.78, 5) is 19.0. The average Bonchev–Trinajstić information content (AvgIpc) is 2.36. The van der Waals surface area contributed by atoms with Gasteiger partial charge in [0.05, 0.1) is 24.1 Å². The number of halogens is 1. The number of nitrogens with zero attached hydrogens (tertiary/aromatic N) is 1. The standard InChI is InChI=1S/C13H16ClN3O2/c1-8(7-19-2)15-6-12-16-11-5-9(14)3-4-10(11)13(18)17-12/h3-5,8,15H,6-7H2,1-2H3,(H,16,17,18). The van der Waals surface area contributed by atoms with Crippen LogP contribution in [-0.2, 0) is 11.3 Å². The van der Waals surface area contributed by atoms with Gasteiger partial charge in [-0.25, -0.2) is 4.98 Å². The predicted molar refractivity (Wildman–Crippen MR) is 75.6 cm³/mol. The number of benzene rings is 1. The minimum Gasteiger partial charge on any atom is -0.383 e. The largest absolute Gasteiger partial charge is 0.383 e. The minimum absolute atomic E-state index is 0.155. The zero-order valence-corrected chi connectivity index (χ0v) is 11.6. The first-order valence-corrected chi connectivity index (χ1v) is 6.38. The van der Waals surface area contributed by atoms with Crippen LogP contribution in [0.15, 0.2) is 23.0 Å². The van der Waals surface area contributed by atoms with Crippen molar-refractivity contribution in [3.63, 3.8) is 0 Å². The molecule has 19 heavy (non-hydrogen) atoms. The third-order valence-corrected chi connectivity index (χ3v) is 2.99. The molecule has 2 N–H and O–H groups in total. The topological polar surface area (TPSA) is 67.0 Å². The first-order chi connectivity index (χ1) is 9.10. The molecule has 1 aromatic heterocycles. The Labute approximate surface area is 116 Å². The summed E-state index contributed by atoms with van der Waals surface area (Å²) in [5.41, 5.74) is 0.449. The number of rotatable bonds is 5. The molecule has 2 aromatic rings. The fraction of sp³-hybridized carbons (Fsp3) is 0.385. The van der Waals surface area contributed by atoms with Crippen LogP contribution in [0.5, 0.6) is 0 Å². The molecule has 6 heteroatoms. The fourth-order valence-corrected chi connectivity index (χ4v) is 1.99. The van der Waals surface area contributed by atoms with Gasteiger partial charge < -0.3 is 15.0 Å². The number of aromatic nitrogens is 2. The first-order valence-electron chi connectivity index (χ1n) is 6.01. The van der Waals surface area contributed by atoms with E-state index in [4.69, 9.17) is 16.3 Å². The Hall–Kier alpha value is -1.43. The number of hydrogen-bond donors (Lipinski definition) is 2. The summed E-state index contributed by atoms with van der Waals surface area (Å²) < 4.78 is 5.03. The van der Waals surface area contributed by atoms with Gasteiger partial charge in [0.2, 0.25) is 0 Å². The van der Waals surface area contributed by atoms with Crippen molar-refractivity contribution in [2.24, 2.45) is 0 Å². The van der Waals surface area contributed by atoms with Gasteiger partial charge >= 0.3 is 0 Å². The van der Waals surface area contributed by atoms with Crippen LogP contribution in [-0.4, -0.2) is 29.7 Å². The predicted octanol–water partition coefficient (Wildman–Crippen LogP) is 1.70. The lowest BCUT2D eigenvalue weighted by molar-refractivity contribution is 0.171. The first kappa shape index (κ1) is 14.0. The summed E-state index contributed by atoms with van der Waals surface area (Å²) in [6, 6.07) is 5.23. The third kappa shape index (κ3) is 3.53. The van der Waals surface area contributed by atoms with Gasteiger partial charge in [-0.3, -0.25) is 4.79 Å². The Balaban J connectivity index is 2.23. The average molecular weight is 282 g/mol. The van der Waals surface area contributed by atoms with Crippen LogP contribution in [0.2, 0.25) is 5.02 Å². The normalized spacial score (nSPS) is 12.8. The molecule has 1 heterocycles. The van der Waals surface area contributed by atoms with Crippen molar-refractivity contribution in [2.45, 2.75) is 19.5 Å². The SMILES string of the molecule is COCC(C)NCc1nc2cc(Cl)ccc2c(=O)[nH]1. The third-order valence-electron chi connectivity index (χ3n) is 2.75. The molecule has 0 aliphatic rings. The van der Waals surface area contributed by atoms with Crippen LogP contribution >= 0.6 is 11.6 Å². The summed E-state index contributed by atoms with van der Waals surface area (Å²) in [6.45, 7) is 3.07. The maximum Gasteiger partial charge on any atom is 0.258 e. The van der Waals surface area contributed by atoms with E-state index in [0.29, 0.717) is 34.9 Å². The molecular weight excluding hydrogens is 266 g/mol. The molecule has 2 rings (SSSR count). The zero-order valence-electron chi connectivity index (χ0n) is 10.9. The summed E-state index contributed by atoms with van der Waals surface area (Å²) in [5.74, 6) is 0.586. The molecule has 0 aliphatic carbocycles. The number of nitrogens with one attached hydrogen (secondary N) is 2. The van der Waals surface area contributed by atoms with Crippen LogP contribution in [0.4, 0.5) is 0 Å². The Morgan fingerprint density at radius 1 is 1.53 bits per heavy atom. The van der Waals surface area contributed by atoms with Gasteiger partial charge in [0.25, 0.3) is 5.56 Å². The van der Waals surface area contributed by atoms with E-state index in [1.165, 1.54) is 0 Å². The second kappa shape index (κ2) is 6.14. The van der Waals surface area contributed by atoms with E-state index in [1.54, 1.807) is 25.3 Å². The molecule has 0 aliphatic heterocycles. The number of aromatic amines is 1. The quantitative estimate of drug-likeness (QED) is 0.875. The van der Waals surface area contributed by atoms with E-state index < -0.39 is 0 Å². The molecule has 0 bridgehead atoms. The number of hydrogen-bond acceptors (Lipinski definition) is 4. The maximum atomic E-state index is 11.9. The van der Waals surface area contributed by atoms with Gasteiger partial charge in [-0.05, 0) is 25.1 Å². The van der Waals surface area contributed by atoms with Crippen molar-refractivity contribution in [2.75, 3.05) is 13.7 Å². The highest BCUT2D eigenvalue weighted by Crippen LogP contribution is 2.14. The van der Waals surface area contributed by atoms with Crippen molar-refractivity contribution in [3.05, 3.63) is 39.4 Å². The van der Waals surface area contributed by atoms with E-state index in [0.717, 1.165) is 0 Å². The van der Waals surface area contributed by atoms with Crippen molar-refractivity contribution in [1.82, 2.24) is 15.3 Å². The van der Waals surface area contributed by atoms with E-state index in [-0.39, 0.29) is 11.6 Å². The van der Waals surface area contributed by atoms with Gasteiger partial charge in [0, 0.05) is 18.2 Å². The molecule has 1 unspecified atom stereocenters. The van der Waals surface area contributed by atoms with Crippen molar-refractivity contribution in [1.29, 1.82) is 0 Å². The maximum absolute atomic E-state index is 11.9. The number of H-pyrrole nitrogens is 1. The molecule has 0 fully saturated rings. The van der Waals surface area contributed by atoms with Crippen molar-refractivity contribution >= 4 is 22.5 Å². The smallest absolute Gasteiger partial charge is 0.258 e. The molecule has 102 valence electrons. The molecule has 1 aromatic carbocycles. The van der Waals surface area contributed by atoms with Crippen LogP contribution < -0.4 is 10.9 Å². The molecule has 5 nitrogen and oxygen atoms in total. The van der Waals surface area contributed by atoms with E-state index in [9.17, 15) is 4.79 Å². The molecular formula is C13H16ClN3O2. The molecule has 0 saturated heterocycles. The lowest BCUT2D eigenvalue weighted by Gasteiger charge is -2.12. The fourth-order valence-electron chi connectivity index (χ4n) is 1.82. The summed E-state index contributed by atoms with van der Waals surface area (Å²) >= 11 is 5.91. The van der Waals surface area contributed by atoms with Crippen molar-refractivity contribution < 1.29 is 4.74 Å². The van der Waals surface area contributed by atoms with Crippen LogP contribution in [0.1, 0.15) is 12.7 Å². The Morgan fingerprint density at radius 3 is 3.05 bits per heavy atom. The molecule has 0 radical (unpaired) electrons. The monoisotopic (exact) mass is 281 g/mol. The van der Waals surface area contributed by atoms with Gasteiger partial charge in [-0.1, -0.05) is 11.6 Å². The van der Waals surface area contributed by atoms with E-state index in [2.05, 4.69) is 15.3 Å². The lowest BCUT2D eigenvalue weighted by Crippen LogP contribution is -2.31. The summed E-state index contributed by atoms with van der Waals surface area (Å²) in [6.07, 6.45) is 0. The van der Waals surface area contributed by atoms with Gasteiger partial charge in [-0.15, -0.1) is 0 Å². The molecule has 0 amide bonds. The highest BCUT2D eigenvalue weighted by molar-refractivity contribution is 6.31. The highest BCUT2D eigenvalue weighted by atomic mass is 35.5. The van der Waals surface area contributed by atoms with E-state index >= 15 is 0 Å². The number of methoxy groups -OCH3 is 1. The Morgan fingerprint density at radius 2 is 2.32 bits per heavy atom. The molecule has 0 saturated carbocycles. The second-order valence-corrected chi connectivity index (χ2v) is 4.85. The molecule has 0 spiro atoms. The van der Waals surface area contributed by atoms with Gasteiger partial charge in [0.15, 0.2) is 0 Å². The van der Waals surface area contributed by atoms with Gasteiger partial charge in [0.1, 0.15) is 5.82 Å². The second-order valence-electron chi connectivity index (χ2n) is 4.41. The Bertz CT molecular complexity index is 627. The number of fused-ring (bicyclic) bond motifs is 1. The lowest BCUT2D eigenvalue weighted by atomic mass is 10.2. The molecule has 1 atom stereocenters. The van der Waals surface area contributed by atoms with Crippen LogP contribution in [0, 0.1) is 0 Å². The van der Waals surface area contributed by atoms with Crippen LogP contribution in [0.3, 0.4) is 0 Å². The van der Waals surface area contributed by atoms with E-state index in [1.807, 2.05) is 6.92 Å². The number of ether oxygens (including phenoxy) is 1. The van der Waals surface area contributed by atoms with Crippen molar-refractivity contribution in [3.8, 4) is 0 Å².